The third kappa shape index (κ3) is 2.07. The lowest BCUT2D eigenvalue weighted by atomic mass is 9.43. The molecule has 0 bridgehead atoms. The fraction of sp³-hybridized carbons (Fsp3) is 0.905. The molecule has 0 saturated heterocycles. The van der Waals surface area contributed by atoms with Crippen LogP contribution in [0.3, 0.4) is 0 Å². The van der Waals surface area contributed by atoms with Crippen LogP contribution in [0.15, 0.2) is 12.2 Å². The molecule has 3 saturated carbocycles. The molecule has 0 heterocycles. The Balaban J connectivity index is 1.72. The number of allylic oxidation sites excluding steroid dienone is 1. The zero-order valence-corrected chi connectivity index (χ0v) is 15.0. The number of aliphatic hydroxyl groups is 2. The van der Waals surface area contributed by atoms with Gasteiger partial charge in [0.1, 0.15) is 0 Å². The predicted octanol–water partition coefficient (Wildman–Crippen LogP) is 4.16. The lowest BCUT2D eigenvalue weighted by Gasteiger charge is -2.61. The fourth-order valence-electron chi connectivity index (χ4n) is 7.55. The van der Waals surface area contributed by atoms with E-state index in [1.54, 1.807) is 0 Å². The molecule has 4 rings (SSSR count). The van der Waals surface area contributed by atoms with E-state index in [1.807, 2.05) is 0 Å². The van der Waals surface area contributed by atoms with Gasteiger partial charge in [-0.15, -0.1) is 0 Å². The van der Waals surface area contributed by atoms with Gasteiger partial charge in [-0.25, -0.2) is 0 Å². The van der Waals surface area contributed by atoms with E-state index >= 15 is 0 Å². The monoisotopic (exact) mass is 318 g/mol. The first-order valence-electron chi connectivity index (χ1n) is 9.95. The first-order valence-corrected chi connectivity index (χ1v) is 9.95. The van der Waals surface area contributed by atoms with Crippen molar-refractivity contribution in [3.63, 3.8) is 0 Å². The van der Waals surface area contributed by atoms with Gasteiger partial charge in [0.15, 0.2) is 0 Å². The molecule has 23 heavy (non-hydrogen) atoms. The molecule has 0 aliphatic heterocycles. The van der Waals surface area contributed by atoms with Crippen LogP contribution in [0.25, 0.3) is 0 Å². The van der Waals surface area contributed by atoms with E-state index in [0.717, 1.165) is 24.7 Å². The molecular formula is C21H34O2. The standard InChI is InChI=1S/C21H34O2/c1-13(2)21-11-8-15(22)12-14(21)4-5-16-17-6-7-19(23)20(17,3)10-9-18(16)21/h8,11,13-19,22-23H,4-7,9-10,12H2,1-3H3/t14?,15?,16-,17-,18-,19?,20-,21+/m0/s1. The number of aliphatic hydroxyl groups excluding tert-OH is 2. The van der Waals surface area contributed by atoms with Crippen molar-refractivity contribution in [2.45, 2.75) is 77.9 Å². The van der Waals surface area contributed by atoms with Crippen LogP contribution in [0.2, 0.25) is 0 Å². The van der Waals surface area contributed by atoms with Gasteiger partial charge in [-0.05, 0) is 85.4 Å². The predicted molar refractivity (Wildman–Crippen MR) is 92.8 cm³/mol. The minimum absolute atomic E-state index is 0.0788. The van der Waals surface area contributed by atoms with Gasteiger partial charge < -0.3 is 10.2 Å². The normalized spacial score (nSPS) is 55.4. The molecule has 3 fully saturated rings. The summed E-state index contributed by atoms with van der Waals surface area (Å²) < 4.78 is 0. The molecular weight excluding hydrogens is 284 g/mol. The molecule has 3 unspecified atom stereocenters. The summed E-state index contributed by atoms with van der Waals surface area (Å²) in [5, 5.41) is 20.7. The van der Waals surface area contributed by atoms with Gasteiger partial charge in [-0.2, -0.15) is 0 Å². The number of fused-ring (bicyclic) bond motifs is 5. The van der Waals surface area contributed by atoms with Gasteiger partial charge >= 0.3 is 0 Å². The number of rotatable bonds is 1. The van der Waals surface area contributed by atoms with Crippen molar-refractivity contribution in [1.29, 1.82) is 0 Å². The van der Waals surface area contributed by atoms with E-state index in [2.05, 4.69) is 32.9 Å². The Morgan fingerprint density at radius 3 is 2.52 bits per heavy atom. The van der Waals surface area contributed by atoms with E-state index < -0.39 is 0 Å². The Morgan fingerprint density at radius 1 is 1.00 bits per heavy atom. The largest absolute Gasteiger partial charge is 0.393 e. The molecule has 0 aromatic heterocycles. The van der Waals surface area contributed by atoms with Gasteiger partial charge in [-0.3, -0.25) is 0 Å². The van der Waals surface area contributed by atoms with Gasteiger partial charge in [0, 0.05) is 0 Å². The zero-order valence-electron chi connectivity index (χ0n) is 15.0. The highest BCUT2D eigenvalue weighted by Crippen LogP contribution is 2.67. The van der Waals surface area contributed by atoms with E-state index in [-0.39, 0.29) is 23.0 Å². The number of hydrogen-bond donors (Lipinski definition) is 2. The second-order valence-corrected chi connectivity index (χ2v) is 9.61. The van der Waals surface area contributed by atoms with Crippen LogP contribution < -0.4 is 0 Å². The van der Waals surface area contributed by atoms with Gasteiger partial charge in [0.2, 0.25) is 0 Å². The van der Waals surface area contributed by atoms with Crippen LogP contribution >= 0.6 is 0 Å². The SMILES string of the molecule is CC(C)[C@]12C=CC(O)CC1CC[C@@H]1[C@@H]2CC[C@]2(C)C(O)CC[C@@H]12. The third-order valence-corrected chi connectivity index (χ3v) is 8.72. The van der Waals surface area contributed by atoms with E-state index in [9.17, 15) is 10.2 Å². The first kappa shape index (κ1) is 16.1. The molecule has 0 spiro atoms. The molecule has 2 heteroatoms. The highest BCUT2D eigenvalue weighted by Gasteiger charge is 2.61. The molecule has 2 N–H and O–H groups in total. The fourth-order valence-corrected chi connectivity index (χ4v) is 7.55. The average Bonchev–Trinajstić information content (AvgIpc) is 2.82. The zero-order chi connectivity index (χ0) is 16.4. The molecule has 130 valence electrons. The Hall–Kier alpha value is -0.340. The van der Waals surface area contributed by atoms with Crippen molar-refractivity contribution in [2.24, 2.45) is 40.4 Å². The molecule has 0 aromatic rings. The first-order chi connectivity index (χ1) is 10.9. The summed E-state index contributed by atoms with van der Waals surface area (Å²) in [5.41, 5.74) is 0.459. The quantitative estimate of drug-likeness (QED) is 0.713. The van der Waals surface area contributed by atoms with Gasteiger partial charge in [0.25, 0.3) is 0 Å². The molecule has 0 radical (unpaired) electrons. The smallest absolute Gasteiger partial charge is 0.0724 e. The van der Waals surface area contributed by atoms with Crippen LogP contribution in [0.1, 0.15) is 65.7 Å². The maximum absolute atomic E-state index is 10.6. The van der Waals surface area contributed by atoms with Gasteiger partial charge in [0.05, 0.1) is 12.2 Å². The summed E-state index contributed by atoms with van der Waals surface area (Å²) in [4.78, 5) is 0. The summed E-state index contributed by atoms with van der Waals surface area (Å²) in [5.74, 6) is 3.55. The average molecular weight is 319 g/mol. The Labute approximate surface area is 141 Å². The van der Waals surface area contributed by atoms with Crippen molar-refractivity contribution < 1.29 is 10.2 Å². The summed E-state index contributed by atoms with van der Waals surface area (Å²) in [6, 6.07) is 0. The molecule has 8 atom stereocenters. The maximum Gasteiger partial charge on any atom is 0.0724 e. The molecule has 0 aromatic carbocycles. The third-order valence-electron chi connectivity index (χ3n) is 8.72. The van der Waals surface area contributed by atoms with Crippen molar-refractivity contribution in [3.8, 4) is 0 Å². The lowest BCUT2D eigenvalue weighted by molar-refractivity contribution is -0.121. The Bertz CT molecular complexity index is 498. The van der Waals surface area contributed by atoms with Crippen LogP contribution in [0, 0.1) is 40.4 Å². The van der Waals surface area contributed by atoms with Crippen LogP contribution in [-0.2, 0) is 0 Å². The lowest BCUT2D eigenvalue weighted by Crippen LogP contribution is -2.56. The molecule has 2 nitrogen and oxygen atoms in total. The molecule has 0 amide bonds. The topological polar surface area (TPSA) is 40.5 Å². The second kappa shape index (κ2) is 5.33. The Kier molecular flexibility index (Phi) is 3.74. The summed E-state index contributed by atoms with van der Waals surface area (Å²) in [7, 11) is 0. The summed E-state index contributed by atoms with van der Waals surface area (Å²) in [6.45, 7) is 7.16. The molecule has 4 aliphatic carbocycles. The van der Waals surface area contributed by atoms with Crippen molar-refractivity contribution in [2.75, 3.05) is 0 Å². The Morgan fingerprint density at radius 2 is 1.78 bits per heavy atom. The van der Waals surface area contributed by atoms with E-state index in [1.165, 1.54) is 32.1 Å². The second-order valence-electron chi connectivity index (χ2n) is 9.61. The van der Waals surface area contributed by atoms with Crippen molar-refractivity contribution >= 4 is 0 Å². The van der Waals surface area contributed by atoms with Crippen LogP contribution in [0.5, 0.6) is 0 Å². The van der Waals surface area contributed by atoms with Crippen molar-refractivity contribution in [1.82, 2.24) is 0 Å². The highest BCUT2D eigenvalue weighted by atomic mass is 16.3. The summed E-state index contributed by atoms with van der Waals surface area (Å²) in [6.07, 6.45) is 12.5. The van der Waals surface area contributed by atoms with Crippen LogP contribution in [0.4, 0.5) is 0 Å². The van der Waals surface area contributed by atoms with Crippen LogP contribution in [-0.4, -0.2) is 22.4 Å². The van der Waals surface area contributed by atoms with Crippen molar-refractivity contribution in [3.05, 3.63) is 12.2 Å². The maximum atomic E-state index is 10.6. The number of hydrogen-bond acceptors (Lipinski definition) is 2. The molecule has 4 aliphatic rings. The highest BCUT2D eigenvalue weighted by molar-refractivity contribution is 5.19. The van der Waals surface area contributed by atoms with E-state index in [0.29, 0.717) is 17.8 Å². The van der Waals surface area contributed by atoms with E-state index in [4.69, 9.17) is 0 Å². The van der Waals surface area contributed by atoms with Gasteiger partial charge in [-0.1, -0.05) is 32.9 Å². The summed E-state index contributed by atoms with van der Waals surface area (Å²) >= 11 is 0. The minimum Gasteiger partial charge on any atom is -0.393 e. The minimum atomic E-state index is -0.231.